The molecule has 2 aliphatic rings. The first-order valence-corrected chi connectivity index (χ1v) is 10.7. The summed E-state index contributed by atoms with van der Waals surface area (Å²) in [7, 11) is 0. The van der Waals surface area contributed by atoms with E-state index in [1.807, 2.05) is 42.5 Å². The van der Waals surface area contributed by atoms with Crippen LogP contribution in [0.3, 0.4) is 0 Å². The van der Waals surface area contributed by atoms with Crippen LogP contribution in [0.25, 0.3) is 12.2 Å². The number of hydrogen-bond acceptors (Lipinski definition) is 3. The van der Waals surface area contributed by atoms with Gasteiger partial charge >= 0.3 is 0 Å². The van der Waals surface area contributed by atoms with Crippen LogP contribution in [0, 0.1) is 0 Å². The summed E-state index contributed by atoms with van der Waals surface area (Å²) >= 11 is 0. The van der Waals surface area contributed by atoms with E-state index in [-0.39, 0.29) is 5.41 Å². The predicted octanol–water partition coefficient (Wildman–Crippen LogP) is 6.66. The number of ether oxygens (including phenoxy) is 2. The van der Waals surface area contributed by atoms with Crippen LogP contribution in [0.4, 0.5) is 5.69 Å². The largest absolute Gasteiger partial charge is 0.457 e. The quantitative estimate of drug-likeness (QED) is 0.470. The molecule has 1 saturated heterocycles. The lowest BCUT2D eigenvalue weighted by Crippen LogP contribution is -2.51. The van der Waals surface area contributed by atoms with Crippen molar-refractivity contribution in [2.75, 3.05) is 18.1 Å². The number of rotatable bonds is 5. The SMILES string of the molecule is C=Cc1ccc(Oc2ccc(C=CC34OCCN3c3ccccc3C4(C)C)cc2)cc1. The van der Waals surface area contributed by atoms with Gasteiger partial charge in [-0.3, -0.25) is 0 Å². The van der Waals surface area contributed by atoms with Crippen LogP contribution in [-0.2, 0) is 10.2 Å². The van der Waals surface area contributed by atoms with Gasteiger partial charge in [-0.05, 0) is 53.1 Å². The molecule has 1 atom stereocenters. The smallest absolute Gasteiger partial charge is 0.170 e. The normalized spacial score (nSPS) is 21.2. The van der Waals surface area contributed by atoms with Crippen molar-refractivity contribution < 1.29 is 9.47 Å². The highest BCUT2D eigenvalue weighted by Gasteiger charge is 2.58. The summed E-state index contributed by atoms with van der Waals surface area (Å²) in [5, 5.41) is 0. The van der Waals surface area contributed by atoms with Gasteiger partial charge in [-0.15, -0.1) is 0 Å². The Labute approximate surface area is 184 Å². The van der Waals surface area contributed by atoms with Crippen molar-refractivity contribution in [3.05, 3.63) is 102 Å². The molecule has 0 spiro atoms. The van der Waals surface area contributed by atoms with Crippen molar-refractivity contribution in [1.82, 2.24) is 0 Å². The lowest BCUT2D eigenvalue weighted by molar-refractivity contribution is 0.000337. The van der Waals surface area contributed by atoms with Gasteiger partial charge in [0.2, 0.25) is 0 Å². The second kappa shape index (κ2) is 7.44. The van der Waals surface area contributed by atoms with Crippen LogP contribution < -0.4 is 9.64 Å². The highest BCUT2D eigenvalue weighted by molar-refractivity contribution is 5.69. The Morgan fingerprint density at radius 1 is 0.903 bits per heavy atom. The van der Waals surface area contributed by atoms with E-state index in [0.29, 0.717) is 0 Å². The van der Waals surface area contributed by atoms with Crippen LogP contribution in [0.15, 0.2) is 85.5 Å². The Hall–Kier alpha value is -3.30. The number of hydrogen-bond donors (Lipinski definition) is 0. The number of para-hydroxylation sites is 1. The summed E-state index contributed by atoms with van der Waals surface area (Å²) < 4.78 is 12.4. The van der Waals surface area contributed by atoms with Crippen LogP contribution in [0.5, 0.6) is 11.5 Å². The molecule has 2 aliphatic heterocycles. The van der Waals surface area contributed by atoms with E-state index in [0.717, 1.165) is 35.8 Å². The highest BCUT2D eigenvalue weighted by atomic mass is 16.5. The standard InChI is InChI=1S/C28H27NO2/c1-4-21-9-13-23(14-10-21)31-24-15-11-22(12-16-24)17-18-28-27(2,3)25-7-5-6-8-26(25)29(28)19-20-30-28/h4-18H,1,19-20H2,2-3H3. The molecule has 0 radical (unpaired) electrons. The van der Waals surface area contributed by atoms with Gasteiger partial charge in [-0.25, -0.2) is 0 Å². The molecule has 3 aromatic carbocycles. The summed E-state index contributed by atoms with van der Waals surface area (Å²) in [6.45, 7) is 9.97. The first kappa shape index (κ1) is 19.7. The van der Waals surface area contributed by atoms with Gasteiger partial charge in [-0.2, -0.15) is 0 Å². The predicted molar refractivity (Wildman–Crippen MR) is 128 cm³/mol. The summed E-state index contributed by atoms with van der Waals surface area (Å²) in [5.74, 6) is 1.63. The average Bonchev–Trinajstić information content (AvgIpc) is 3.31. The summed E-state index contributed by atoms with van der Waals surface area (Å²) in [4.78, 5) is 2.41. The van der Waals surface area contributed by atoms with E-state index >= 15 is 0 Å². The summed E-state index contributed by atoms with van der Waals surface area (Å²) in [5.41, 5.74) is 4.21. The first-order valence-electron chi connectivity index (χ1n) is 10.7. The fourth-order valence-corrected chi connectivity index (χ4v) is 4.79. The van der Waals surface area contributed by atoms with E-state index in [1.165, 1.54) is 11.3 Å². The lowest BCUT2D eigenvalue weighted by atomic mass is 9.77. The van der Waals surface area contributed by atoms with Gasteiger partial charge in [0.05, 0.1) is 6.61 Å². The number of fused-ring (bicyclic) bond motifs is 3. The monoisotopic (exact) mass is 409 g/mol. The van der Waals surface area contributed by atoms with Crippen LogP contribution in [-0.4, -0.2) is 18.9 Å². The third kappa shape index (κ3) is 3.17. The van der Waals surface area contributed by atoms with Crippen molar-refractivity contribution in [3.8, 4) is 11.5 Å². The molecule has 5 rings (SSSR count). The van der Waals surface area contributed by atoms with Gasteiger partial charge in [0.15, 0.2) is 5.72 Å². The van der Waals surface area contributed by atoms with Gasteiger partial charge in [0, 0.05) is 17.6 Å². The molecule has 0 saturated carbocycles. The van der Waals surface area contributed by atoms with Gasteiger partial charge < -0.3 is 14.4 Å². The Balaban J connectivity index is 1.37. The molecule has 156 valence electrons. The molecule has 0 bridgehead atoms. The Morgan fingerprint density at radius 2 is 1.55 bits per heavy atom. The second-order valence-corrected chi connectivity index (χ2v) is 8.62. The molecule has 31 heavy (non-hydrogen) atoms. The van der Waals surface area contributed by atoms with E-state index in [4.69, 9.17) is 9.47 Å². The zero-order chi connectivity index (χ0) is 21.5. The van der Waals surface area contributed by atoms with Crippen LogP contribution in [0.1, 0.15) is 30.5 Å². The second-order valence-electron chi connectivity index (χ2n) is 8.62. The van der Waals surface area contributed by atoms with E-state index in [9.17, 15) is 0 Å². The maximum Gasteiger partial charge on any atom is 0.170 e. The van der Waals surface area contributed by atoms with Gasteiger partial charge in [0.25, 0.3) is 0 Å². The number of nitrogens with zero attached hydrogens (tertiary/aromatic N) is 1. The van der Waals surface area contributed by atoms with E-state index in [1.54, 1.807) is 0 Å². The Morgan fingerprint density at radius 3 is 2.23 bits per heavy atom. The maximum atomic E-state index is 6.41. The van der Waals surface area contributed by atoms with Crippen LogP contribution in [0.2, 0.25) is 0 Å². The van der Waals surface area contributed by atoms with E-state index < -0.39 is 5.72 Å². The molecular weight excluding hydrogens is 382 g/mol. The first-order chi connectivity index (χ1) is 15.0. The number of benzene rings is 3. The molecule has 0 aromatic heterocycles. The Bertz CT molecular complexity index is 1130. The third-order valence-electron chi connectivity index (χ3n) is 6.53. The Kier molecular flexibility index (Phi) is 4.71. The number of anilines is 1. The van der Waals surface area contributed by atoms with Crippen LogP contribution >= 0.6 is 0 Å². The van der Waals surface area contributed by atoms with Crippen molar-refractivity contribution in [3.63, 3.8) is 0 Å². The molecule has 2 heterocycles. The van der Waals surface area contributed by atoms with Gasteiger partial charge in [-0.1, -0.05) is 75.0 Å². The van der Waals surface area contributed by atoms with Gasteiger partial charge in [0.1, 0.15) is 11.5 Å². The third-order valence-corrected chi connectivity index (χ3v) is 6.53. The molecular formula is C28H27NO2. The van der Waals surface area contributed by atoms with Crippen molar-refractivity contribution >= 4 is 17.8 Å². The molecule has 0 N–H and O–H groups in total. The lowest BCUT2D eigenvalue weighted by Gasteiger charge is -2.39. The topological polar surface area (TPSA) is 21.7 Å². The minimum Gasteiger partial charge on any atom is -0.457 e. The molecule has 0 amide bonds. The minimum atomic E-state index is -0.460. The zero-order valence-corrected chi connectivity index (χ0v) is 18.0. The fourth-order valence-electron chi connectivity index (χ4n) is 4.79. The van der Waals surface area contributed by atoms with Crippen molar-refractivity contribution in [2.24, 2.45) is 0 Å². The minimum absolute atomic E-state index is 0.142. The molecule has 1 unspecified atom stereocenters. The molecule has 1 fully saturated rings. The van der Waals surface area contributed by atoms with Crippen molar-refractivity contribution in [2.45, 2.75) is 25.0 Å². The molecule has 3 aromatic rings. The summed E-state index contributed by atoms with van der Waals surface area (Å²) in [6.07, 6.45) is 6.21. The zero-order valence-electron chi connectivity index (χ0n) is 18.0. The summed E-state index contributed by atoms with van der Waals surface area (Å²) in [6, 6.07) is 24.7. The molecule has 3 heteroatoms. The van der Waals surface area contributed by atoms with E-state index in [2.05, 4.69) is 73.9 Å². The highest BCUT2D eigenvalue weighted by Crippen LogP contribution is 2.54. The fraction of sp³-hybridized carbons (Fsp3) is 0.214. The maximum absolute atomic E-state index is 6.41. The molecule has 3 nitrogen and oxygen atoms in total. The average molecular weight is 410 g/mol. The molecule has 0 aliphatic carbocycles. The van der Waals surface area contributed by atoms with Crippen molar-refractivity contribution in [1.29, 1.82) is 0 Å².